The topological polar surface area (TPSA) is 86.5 Å². The Labute approximate surface area is 148 Å². The zero-order valence-corrected chi connectivity index (χ0v) is 14.9. The third-order valence-corrected chi connectivity index (χ3v) is 5.22. The third kappa shape index (κ3) is 4.00. The molecule has 1 aromatic carbocycles. The summed E-state index contributed by atoms with van der Waals surface area (Å²) in [5.41, 5.74) is 7.45. The average Bonchev–Trinajstić information content (AvgIpc) is 3.26. The number of amides is 1. The Bertz CT molecular complexity index is 720. The number of benzene rings is 1. The standard InChI is InChI=1S/C16H19N3O3S2/c1-23-5-4-11(17)16-19-12(8-24-16)15(20)18-7-10-2-3-13-14(6-10)22-9-21-13/h2-3,6,8,11H,4-5,7,9,17H2,1H3,(H,18,20). The van der Waals surface area contributed by atoms with Crippen molar-refractivity contribution in [2.45, 2.75) is 19.0 Å². The van der Waals surface area contributed by atoms with Gasteiger partial charge in [-0.15, -0.1) is 11.3 Å². The first kappa shape index (κ1) is 17.1. The van der Waals surface area contributed by atoms with Crippen molar-refractivity contribution in [1.82, 2.24) is 10.3 Å². The van der Waals surface area contributed by atoms with Gasteiger partial charge in [0.25, 0.3) is 5.91 Å². The maximum absolute atomic E-state index is 12.2. The number of nitrogens with one attached hydrogen (secondary N) is 1. The van der Waals surface area contributed by atoms with Crippen molar-refractivity contribution < 1.29 is 14.3 Å². The SMILES string of the molecule is CSCCC(N)c1nc(C(=O)NCc2ccc3c(c2)OCO3)cs1. The van der Waals surface area contributed by atoms with Gasteiger partial charge in [0, 0.05) is 11.9 Å². The van der Waals surface area contributed by atoms with E-state index in [2.05, 4.69) is 10.3 Å². The fourth-order valence-electron chi connectivity index (χ4n) is 2.25. The summed E-state index contributed by atoms with van der Waals surface area (Å²) in [7, 11) is 0. The molecule has 3 N–H and O–H groups in total. The highest BCUT2D eigenvalue weighted by molar-refractivity contribution is 7.98. The molecule has 1 aromatic heterocycles. The van der Waals surface area contributed by atoms with Crippen LogP contribution in [0.25, 0.3) is 0 Å². The van der Waals surface area contributed by atoms with Gasteiger partial charge in [0.1, 0.15) is 10.7 Å². The lowest BCUT2D eigenvalue weighted by atomic mass is 10.2. The van der Waals surface area contributed by atoms with Crippen LogP contribution in [0.1, 0.15) is 33.5 Å². The summed E-state index contributed by atoms with van der Waals surface area (Å²) in [6.45, 7) is 0.643. The molecule has 0 fully saturated rings. The van der Waals surface area contributed by atoms with Gasteiger partial charge in [-0.3, -0.25) is 4.79 Å². The van der Waals surface area contributed by atoms with Gasteiger partial charge in [-0.1, -0.05) is 6.07 Å². The van der Waals surface area contributed by atoms with Crippen molar-refractivity contribution in [3.63, 3.8) is 0 Å². The van der Waals surface area contributed by atoms with Crippen molar-refractivity contribution in [3.05, 3.63) is 39.8 Å². The Kier molecular flexibility index (Phi) is 5.60. The van der Waals surface area contributed by atoms with Crippen LogP contribution in [0.4, 0.5) is 0 Å². The summed E-state index contributed by atoms with van der Waals surface area (Å²) in [5.74, 6) is 2.21. The lowest BCUT2D eigenvalue weighted by Crippen LogP contribution is -2.23. The van der Waals surface area contributed by atoms with Crippen molar-refractivity contribution in [2.75, 3.05) is 18.8 Å². The lowest BCUT2D eigenvalue weighted by Gasteiger charge is -2.06. The Morgan fingerprint density at radius 3 is 3.12 bits per heavy atom. The van der Waals surface area contributed by atoms with E-state index in [1.165, 1.54) is 11.3 Å². The maximum Gasteiger partial charge on any atom is 0.271 e. The van der Waals surface area contributed by atoms with Gasteiger partial charge in [0.2, 0.25) is 6.79 Å². The van der Waals surface area contributed by atoms with E-state index in [4.69, 9.17) is 15.2 Å². The molecule has 24 heavy (non-hydrogen) atoms. The zero-order valence-electron chi connectivity index (χ0n) is 13.3. The Morgan fingerprint density at radius 2 is 2.29 bits per heavy atom. The van der Waals surface area contributed by atoms with Gasteiger partial charge < -0.3 is 20.5 Å². The molecule has 1 amide bonds. The average molecular weight is 365 g/mol. The molecule has 8 heteroatoms. The first-order valence-corrected chi connectivity index (χ1v) is 9.81. The monoisotopic (exact) mass is 365 g/mol. The summed E-state index contributed by atoms with van der Waals surface area (Å²) >= 11 is 3.18. The lowest BCUT2D eigenvalue weighted by molar-refractivity contribution is 0.0946. The number of aromatic nitrogens is 1. The molecule has 1 unspecified atom stereocenters. The molecule has 1 atom stereocenters. The molecular weight excluding hydrogens is 346 g/mol. The minimum absolute atomic E-state index is 0.113. The fourth-order valence-corrected chi connectivity index (χ4v) is 3.58. The van der Waals surface area contributed by atoms with E-state index in [1.54, 1.807) is 17.1 Å². The number of carbonyl (C=O) groups is 1. The summed E-state index contributed by atoms with van der Waals surface area (Å²) in [6.07, 6.45) is 2.90. The summed E-state index contributed by atoms with van der Waals surface area (Å²) in [6, 6.07) is 5.50. The minimum atomic E-state index is -0.202. The first-order chi connectivity index (χ1) is 11.7. The molecular formula is C16H19N3O3S2. The molecule has 2 aromatic rings. The molecule has 0 radical (unpaired) electrons. The second kappa shape index (κ2) is 7.87. The molecule has 0 aliphatic carbocycles. The highest BCUT2D eigenvalue weighted by Gasteiger charge is 2.16. The molecule has 3 rings (SSSR count). The molecule has 0 saturated carbocycles. The molecule has 2 heterocycles. The van der Waals surface area contributed by atoms with Gasteiger partial charge in [-0.25, -0.2) is 4.98 Å². The predicted molar refractivity (Wildman–Crippen MR) is 95.8 cm³/mol. The van der Waals surface area contributed by atoms with E-state index in [0.29, 0.717) is 18.0 Å². The number of carbonyl (C=O) groups excluding carboxylic acids is 1. The van der Waals surface area contributed by atoms with Gasteiger partial charge in [-0.2, -0.15) is 11.8 Å². The van der Waals surface area contributed by atoms with Crippen LogP contribution >= 0.6 is 23.1 Å². The molecule has 1 aliphatic rings. The van der Waals surface area contributed by atoms with E-state index < -0.39 is 0 Å². The number of ether oxygens (including phenoxy) is 2. The highest BCUT2D eigenvalue weighted by atomic mass is 32.2. The van der Waals surface area contributed by atoms with Crippen molar-refractivity contribution in [2.24, 2.45) is 5.73 Å². The number of rotatable bonds is 7. The van der Waals surface area contributed by atoms with Crippen LogP contribution in [-0.4, -0.2) is 29.7 Å². The van der Waals surface area contributed by atoms with Gasteiger partial charge in [0.15, 0.2) is 11.5 Å². The van der Waals surface area contributed by atoms with Crippen molar-refractivity contribution >= 4 is 29.0 Å². The number of nitrogens with two attached hydrogens (primary N) is 1. The largest absolute Gasteiger partial charge is 0.454 e. The number of hydrogen-bond acceptors (Lipinski definition) is 7. The molecule has 1 aliphatic heterocycles. The third-order valence-electron chi connectivity index (χ3n) is 3.59. The normalized spacial score (nSPS) is 13.8. The fraction of sp³-hybridized carbons (Fsp3) is 0.375. The van der Waals surface area contributed by atoms with Crippen LogP contribution in [0.2, 0.25) is 0 Å². The number of nitrogens with zero attached hydrogens (tertiary/aromatic N) is 1. The van der Waals surface area contributed by atoms with E-state index >= 15 is 0 Å². The maximum atomic E-state index is 12.2. The highest BCUT2D eigenvalue weighted by Crippen LogP contribution is 2.32. The second-order valence-electron chi connectivity index (χ2n) is 5.33. The van der Waals surface area contributed by atoms with Crippen LogP contribution in [-0.2, 0) is 6.54 Å². The number of thioether (sulfide) groups is 1. The molecule has 0 saturated heterocycles. The van der Waals surface area contributed by atoms with E-state index in [-0.39, 0.29) is 18.7 Å². The Morgan fingerprint density at radius 1 is 1.46 bits per heavy atom. The molecule has 128 valence electrons. The molecule has 0 spiro atoms. The minimum Gasteiger partial charge on any atom is -0.454 e. The Balaban J connectivity index is 1.56. The van der Waals surface area contributed by atoms with Crippen molar-refractivity contribution in [3.8, 4) is 11.5 Å². The summed E-state index contributed by atoms with van der Waals surface area (Å²) in [5, 5.41) is 5.42. The first-order valence-electron chi connectivity index (χ1n) is 7.54. The molecule has 6 nitrogen and oxygen atoms in total. The van der Waals surface area contributed by atoms with Gasteiger partial charge in [0.05, 0.1) is 6.04 Å². The van der Waals surface area contributed by atoms with E-state index in [0.717, 1.165) is 28.5 Å². The van der Waals surface area contributed by atoms with Crippen LogP contribution < -0.4 is 20.5 Å². The predicted octanol–water partition coefficient (Wildman–Crippen LogP) is 2.55. The van der Waals surface area contributed by atoms with Crippen LogP contribution in [0.3, 0.4) is 0 Å². The van der Waals surface area contributed by atoms with Crippen molar-refractivity contribution in [1.29, 1.82) is 0 Å². The van der Waals surface area contributed by atoms with Crippen LogP contribution in [0, 0.1) is 0 Å². The summed E-state index contributed by atoms with van der Waals surface area (Å²) in [4.78, 5) is 16.6. The molecule has 0 bridgehead atoms. The van der Waals surface area contributed by atoms with Gasteiger partial charge in [-0.05, 0) is 36.1 Å². The number of hydrogen-bond donors (Lipinski definition) is 2. The van der Waals surface area contributed by atoms with E-state index in [9.17, 15) is 4.79 Å². The summed E-state index contributed by atoms with van der Waals surface area (Å²) < 4.78 is 10.6. The quantitative estimate of drug-likeness (QED) is 0.784. The zero-order chi connectivity index (χ0) is 16.9. The van der Waals surface area contributed by atoms with Crippen LogP contribution in [0.5, 0.6) is 11.5 Å². The van der Waals surface area contributed by atoms with Crippen LogP contribution in [0.15, 0.2) is 23.6 Å². The van der Waals surface area contributed by atoms with E-state index in [1.807, 2.05) is 24.5 Å². The van der Waals surface area contributed by atoms with Gasteiger partial charge >= 0.3 is 0 Å². The Hall–Kier alpha value is -1.77. The number of thiazole rings is 1. The number of fused-ring (bicyclic) bond motifs is 1. The second-order valence-corrected chi connectivity index (χ2v) is 7.20. The smallest absolute Gasteiger partial charge is 0.271 e.